The molecule has 0 radical (unpaired) electrons. The van der Waals surface area contributed by atoms with Gasteiger partial charge < -0.3 is 15.4 Å². The summed E-state index contributed by atoms with van der Waals surface area (Å²) >= 11 is 0. The molecule has 0 saturated carbocycles. The van der Waals surface area contributed by atoms with E-state index < -0.39 is 0 Å². The summed E-state index contributed by atoms with van der Waals surface area (Å²) in [6.45, 7) is 1.84. The zero-order valence-electron chi connectivity index (χ0n) is 12.3. The molecule has 112 valence electrons. The standard InChI is InChI=1S/C17H16N2O3/c1-10-14-9-12(6-7-15(14)19-16(10)20)18-17(21)11-4-3-5-13(8-11)22-2/h3-10H,1-2H3,(H,18,21)(H,19,20). The minimum Gasteiger partial charge on any atom is -0.497 e. The van der Waals surface area contributed by atoms with Crippen molar-refractivity contribution in [1.82, 2.24) is 0 Å². The van der Waals surface area contributed by atoms with Crippen LogP contribution in [0.4, 0.5) is 11.4 Å². The Morgan fingerprint density at radius 1 is 1.23 bits per heavy atom. The lowest BCUT2D eigenvalue weighted by molar-refractivity contribution is -0.116. The van der Waals surface area contributed by atoms with Crippen LogP contribution in [0.25, 0.3) is 0 Å². The van der Waals surface area contributed by atoms with Crippen LogP contribution < -0.4 is 15.4 Å². The van der Waals surface area contributed by atoms with Crippen molar-refractivity contribution in [2.24, 2.45) is 0 Å². The highest BCUT2D eigenvalue weighted by atomic mass is 16.5. The smallest absolute Gasteiger partial charge is 0.255 e. The van der Waals surface area contributed by atoms with E-state index in [1.807, 2.05) is 13.0 Å². The minimum absolute atomic E-state index is 0.0220. The maximum atomic E-state index is 12.3. The molecule has 22 heavy (non-hydrogen) atoms. The van der Waals surface area contributed by atoms with E-state index in [1.165, 1.54) is 0 Å². The molecule has 0 aliphatic carbocycles. The molecule has 5 nitrogen and oxygen atoms in total. The van der Waals surface area contributed by atoms with Gasteiger partial charge in [0.05, 0.1) is 13.0 Å². The summed E-state index contributed by atoms with van der Waals surface area (Å²) in [5, 5.41) is 5.65. The third-order valence-corrected chi connectivity index (χ3v) is 3.76. The number of rotatable bonds is 3. The molecule has 3 rings (SSSR count). The highest BCUT2D eigenvalue weighted by Crippen LogP contribution is 2.34. The Labute approximate surface area is 128 Å². The first-order valence-electron chi connectivity index (χ1n) is 6.98. The maximum Gasteiger partial charge on any atom is 0.255 e. The molecule has 0 bridgehead atoms. The van der Waals surface area contributed by atoms with Crippen molar-refractivity contribution in [3.05, 3.63) is 53.6 Å². The number of benzene rings is 2. The summed E-state index contributed by atoms with van der Waals surface area (Å²) in [6.07, 6.45) is 0. The number of anilines is 2. The zero-order valence-corrected chi connectivity index (χ0v) is 12.3. The fraction of sp³-hybridized carbons (Fsp3) is 0.176. The third kappa shape index (κ3) is 2.53. The van der Waals surface area contributed by atoms with Gasteiger partial charge in [0.1, 0.15) is 5.75 Å². The number of fused-ring (bicyclic) bond motifs is 1. The van der Waals surface area contributed by atoms with Crippen molar-refractivity contribution in [2.45, 2.75) is 12.8 Å². The first-order chi connectivity index (χ1) is 10.6. The highest BCUT2D eigenvalue weighted by molar-refractivity contribution is 6.06. The molecule has 0 aromatic heterocycles. The van der Waals surface area contributed by atoms with E-state index in [4.69, 9.17) is 4.74 Å². The molecule has 1 atom stereocenters. The normalized spacial score (nSPS) is 15.9. The zero-order chi connectivity index (χ0) is 15.7. The molecule has 0 saturated heterocycles. The number of carbonyl (C=O) groups is 2. The van der Waals surface area contributed by atoms with Crippen molar-refractivity contribution in [1.29, 1.82) is 0 Å². The number of amides is 2. The molecule has 2 aromatic carbocycles. The van der Waals surface area contributed by atoms with Crippen LogP contribution in [0.1, 0.15) is 28.8 Å². The Morgan fingerprint density at radius 3 is 2.82 bits per heavy atom. The van der Waals surface area contributed by atoms with Crippen LogP contribution in [0.5, 0.6) is 5.75 Å². The monoisotopic (exact) mass is 296 g/mol. The molecular weight excluding hydrogens is 280 g/mol. The molecule has 5 heteroatoms. The maximum absolute atomic E-state index is 12.3. The predicted molar refractivity (Wildman–Crippen MR) is 84.4 cm³/mol. The lowest BCUT2D eigenvalue weighted by Gasteiger charge is -2.09. The summed E-state index contributed by atoms with van der Waals surface area (Å²) in [5.74, 6) is 0.184. The molecule has 2 amide bonds. The fourth-order valence-corrected chi connectivity index (χ4v) is 2.46. The number of ether oxygens (including phenoxy) is 1. The van der Waals surface area contributed by atoms with Crippen LogP contribution in [0, 0.1) is 0 Å². The first kappa shape index (κ1) is 14.1. The predicted octanol–water partition coefficient (Wildman–Crippen LogP) is 3.00. The number of methoxy groups -OCH3 is 1. The SMILES string of the molecule is COc1cccc(C(=O)Nc2ccc3c(c2)C(C)C(=O)N3)c1. The molecule has 1 aliphatic heterocycles. The van der Waals surface area contributed by atoms with E-state index >= 15 is 0 Å². The Morgan fingerprint density at radius 2 is 2.05 bits per heavy atom. The van der Waals surface area contributed by atoms with Crippen molar-refractivity contribution in [3.8, 4) is 5.75 Å². The summed E-state index contributed by atoms with van der Waals surface area (Å²) in [5.41, 5.74) is 2.88. The topological polar surface area (TPSA) is 67.4 Å². The van der Waals surface area contributed by atoms with Crippen LogP contribution in [0.3, 0.4) is 0 Å². The summed E-state index contributed by atoms with van der Waals surface area (Å²) in [4.78, 5) is 23.9. The largest absolute Gasteiger partial charge is 0.497 e. The van der Waals surface area contributed by atoms with Gasteiger partial charge in [0.25, 0.3) is 5.91 Å². The molecule has 1 heterocycles. The van der Waals surface area contributed by atoms with Gasteiger partial charge >= 0.3 is 0 Å². The molecule has 0 spiro atoms. The molecule has 2 N–H and O–H groups in total. The Hall–Kier alpha value is -2.82. The van der Waals surface area contributed by atoms with Gasteiger partial charge in [-0.25, -0.2) is 0 Å². The number of carbonyl (C=O) groups excluding carboxylic acids is 2. The van der Waals surface area contributed by atoms with Crippen molar-refractivity contribution in [2.75, 3.05) is 17.7 Å². The van der Waals surface area contributed by atoms with Crippen LogP contribution in [-0.2, 0) is 4.79 Å². The van der Waals surface area contributed by atoms with Crippen LogP contribution in [0.15, 0.2) is 42.5 Å². The van der Waals surface area contributed by atoms with Crippen molar-refractivity contribution in [3.63, 3.8) is 0 Å². The second-order valence-corrected chi connectivity index (χ2v) is 5.20. The van der Waals surface area contributed by atoms with Crippen molar-refractivity contribution >= 4 is 23.2 Å². The van der Waals surface area contributed by atoms with E-state index in [1.54, 1.807) is 43.5 Å². The summed E-state index contributed by atoms with van der Waals surface area (Å²) < 4.78 is 5.12. The van der Waals surface area contributed by atoms with Gasteiger partial charge in [-0.05, 0) is 48.9 Å². The van der Waals surface area contributed by atoms with E-state index in [0.29, 0.717) is 17.0 Å². The van der Waals surface area contributed by atoms with E-state index in [9.17, 15) is 9.59 Å². The minimum atomic E-state index is -0.219. The van der Waals surface area contributed by atoms with Crippen molar-refractivity contribution < 1.29 is 14.3 Å². The van der Waals surface area contributed by atoms with Crippen LogP contribution in [0.2, 0.25) is 0 Å². The van der Waals surface area contributed by atoms with Crippen LogP contribution in [-0.4, -0.2) is 18.9 Å². The van der Waals surface area contributed by atoms with Gasteiger partial charge in [-0.1, -0.05) is 6.07 Å². The third-order valence-electron chi connectivity index (χ3n) is 3.76. The quantitative estimate of drug-likeness (QED) is 0.915. The lowest BCUT2D eigenvalue weighted by atomic mass is 10.0. The van der Waals surface area contributed by atoms with E-state index in [0.717, 1.165) is 11.3 Å². The highest BCUT2D eigenvalue weighted by Gasteiger charge is 2.26. The van der Waals surface area contributed by atoms with Crippen LogP contribution >= 0.6 is 0 Å². The van der Waals surface area contributed by atoms with Gasteiger partial charge in [0, 0.05) is 16.9 Å². The molecule has 1 unspecified atom stereocenters. The van der Waals surface area contributed by atoms with E-state index in [-0.39, 0.29) is 17.7 Å². The molecular formula is C17H16N2O3. The second kappa shape index (κ2) is 5.52. The summed E-state index contributed by atoms with van der Waals surface area (Å²) in [6, 6.07) is 12.4. The number of hydrogen-bond acceptors (Lipinski definition) is 3. The van der Waals surface area contributed by atoms with Gasteiger partial charge in [-0.3, -0.25) is 9.59 Å². The Balaban J connectivity index is 1.82. The lowest BCUT2D eigenvalue weighted by Crippen LogP contribution is -2.12. The second-order valence-electron chi connectivity index (χ2n) is 5.20. The van der Waals surface area contributed by atoms with Gasteiger partial charge in [-0.2, -0.15) is 0 Å². The first-order valence-corrected chi connectivity index (χ1v) is 6.98. The Bertz CT molecular complexity index is 755. The Kier molecular flexibility index (Phi) is 3.55. The molecule has 2 aromatic rings. The number of hydrogen-bond donors (Lipinski definition) is 2. The van der Waals surface area contributed by atoms with Gasteiger partial charge in [-0.15, -0.1) is 0 Å². The fourth-order valence-electron chi connectivity index (χ4n) is 2.46. The summed E-state index contributed by atoms with van der Waals surface area (Å²) in [7, 11) is 1.56. The molecule has 0 fully saturated rings. The number of nitrogens with one attached hydrogen (secondary N) is 2. The van der Waals surface area contributed by atoms with Gasteiger partial charge in [0.15, 0.2) is 0 Å². The van der Waals surface area contributed by atoms with Gasteiger partial charge in [0.2, 0.25) is 5.91 Å². The molecule has 1 aliphatic rings. The average Bonchev–Trinajstić information content (AvgIpc) is 2.82. The average molecular weight is 296 g/mol. The van der Waals surface area contributed by atoms with E-state index in [2.05, 4.69) is 10.6 Å².